The maximum Gasteiger partial charge on any atom is 0.363 e. The number of ether oxygens (including phenoxy) is 2. The third kappa shape index (κ3) is 12.0. The van der Waals surface area contributed by atoms with Gasteiger partial charge in [-0.25, -0.2) is 19.6 Å². The average Bonchev–Trinajstić information content (AvgIpc) is 4.02. The van der Waals surface area contributed by atoms with Crippen LogP contribution in [0.25, 0.3) is 56.7 Å². The van der Waals surface area contributed by atoms with E-state index < -0.39 is 11.9 Å². The lowest BCUT2D eigenvalue weighted by Gasteiger charge is -2.18. The highest BCUT2D eigenvalue weighted by Gasteiger charge is 2.22. The summed E-state index contributed by atoms with van der Waals surface area (Å²) in [6.07, 6.45) is 3.49. The third-order valence-corrected chi connectivity index (χ3v) is 13.8. The number of carbonyl (C=O) groups is 2. The molecule has 0 unspecified atom stereocenters. The van der Waals surface area contributed by atoms with Gasteiger partial charge < -0.3 is 9.47 Å². The maximum absolute atomic E-state index is 11.9. The zero-order valence-corrected chi connectivity index (χ0v) is 44.2. The summed E-state index contributed by atoms with van der Waals surface area (Å²) in [5, 5.41) is 0. The van der Waals surface area contributed by atoms with Crippen LogP contribution in [0, 0.1) is 0 Å². The Kier molecular flexibility index (Phi) is 15.6. The van der Waals surface area contributed by atoms with Gasteiger partial charge in [0.25, 0.3) is 0 Å². The second-order valence-corrected chi connectivity index (χ2v) is 19.2. The SMILES string of the molecule is CC1=N/C(=C\c2ccc(-c3ccc(C(=C(c4ccccc4)c4ccccc4)c4ccccc4)cc3)cc2)C(=O)O1.CC1=N/C(=C\c2ccc(-c3ccc(C(=C(c4ccccc4)c4ccccc4)c4ccccc4)cc3)cc2)C(=O)O1. The lowest BCUT2D eigenvalue weighted by molar-refractivity contribution is -0.130. The smallest absolute Gasteiger partial charge is 0.363 e. The van der Waals surface area contributed by atoms with Crippen molar-refractivity contribution in [3.05, 3.63) is 346 Å². The summed E-state index contributed by atoms with van der Waals surface area (Å²) in [7, 11) is 0. The summed E-state index contributed by atoms with van der Waals surface area (Å²) < 4.78 is 10.0. The summed E-state index contributed by atoms with van der Waals surface area (Å²) in [4.78, 5) is 32.1. The first-order valence-electron chi connectivity index (χ1n) is 26.5. The molecule has 0 atom stereocenters. The fourth-order valence-electron chi connectivity index (χ4n) is 10.00. The van der Waals surface area contributed by atoms with E-state index in [0.717, 1.165) is 44.5 Å². The van der Waals surface area contributed by atoms with Crippen molar-refractivity contribution in [2.45, 2.75) is 13.8 Å². The molecule has 2 aliphatic heterocycles. The molecule has 384 valence electrons. The van der Waals surface area contributed by atoms with Gasteiger partial charge in [-0.1, -0.05) is 279 Å². The number of hydrogen-bond donors (Lipinski definition) is 0. The molecule has 6 nitrogen and oxygen atoms in total. The van der Waals surface area contributed by atoms with E-state index in [2.05, 4.69) is 265 Å². The molecule has 6 heteroatoms. The van der Waals surface area contributed by atoms with Gasteiger partial charge in [-0.2, -0.15) is 0 Å². The Balaban J connectivity index is 0.000000169. The van der Waals surface area contributed by atoms with E-state index >= 15 is 0 Å². The van der Waals surface area contributed by atoms with Gasteiger partial charge in [0.1, 0.15) is 0 Å². The number of aliphatic imine (C=N–C) groups is 2. The minimum absolute atomic E-state index is 0.322. The van der Waals surface area contributed by atoms with E-state index in [1.165, 1.54) is 55.7 Å². The Bertz CT molecular complexity index is 3650. The van der Waals surface area contributed by atoms with Crippen LogP contribution in [-0.2, 0) is 19.1 Å². The van der Waals surface area contributed by atoms with Crippen LogP contribution in [0.5, 0.6) is 0 Å². The Morgan fingerprint density at radius 3 is 0.675 bits per heavy atom. The molecular weight excluding hydrogens is 981 g/mol. The van der Waals surface area contributed by atoms with E-state index in [0.29, 0.717) is 23.2 Å². The summed E-state index contributed by atoms with van der Waals surface area (Å²) in [5.74, 6) is -0.0752. The highest BCUT2D eigenvalue weighted by Crippen LogP contribution is 2.39. The molecule has 0 N–H and O–H groups in total. The van der Waals surface area contributed by atoms with E-state index in [-0.39, 0.29) is 0 Å². The first-order valence-corrected chi connectivity index (χ1v) is 26.5. The Labute approximate surface area is 467 Å². The van der Waals surface area contributed by atoms with Gasteiger partial charge in [0, 0.05) is 13.8 Å². The Morgan fingerprint density at radius 1 is 0.275 bits per heavy atom. The standard InChI is InChI=1S/2C37H27NO2/c2*1-26-38-34(37(39)40-26)25-27-17-19-28(20-18-27)29-21-23-33(24-22-29)36(32-15-9-4-10-16-32)35(30-11-5-2-6-12-30)31-13-7-3-8-14-31/h2*2-25H,1H3/b2*34-25-. The van der Waals surface area contributed by atoms with Gasteiger partial charge in [0.2, 0.25) is 0 Å². The number of nitrogens with zero attached hydrogens (tertiary/aromatic N) is 2. The molecule has 10 aromatic carbocycles. The number of hydrogen-bond acceptors (Lipinski definition) is 6. The quantitative estimate of drug-likeness (QED) is 0.0694. The number of benzene rings is 10. The fraction of sp³-hybridized carbons (Fsp3) is 0.0270. The Morgan fingerprint density at radius 2 is 0.475 bits per heavy atom. The van der Waals surface area contributed by atoms with Crippen LogP contribution in [0.2, 0.25) is 0 Å². The van der Waals surface area contributed by atoms with E-state index in [1.54, 1.807) is 26.0 Å². The van der Waals surface area contributed by atoms with Crippen molar-refractivity contribution in [1.29, 1.82) is 0 Å². The largest absolute Gasteiger partial charge is 0.407 e. The van der Waals surface area contributed by atoms with Crippen molar-refractivity contribution < 1.29 is 19.1 Å². The number of carbonyl (C=O) groups excluding carboxylic acids is 2. The Hall–Kier alpha value is -10.6. The first-order chi connectivity index (χ1) is 39.3. The molecule has 0 aromatic heterocycles. The van der Waals surface area contributed by atoms with Gasteiger partial charge in [-0.15, -0.1) is 0 Å². The first kappa shape index (κ1) is 51.5. The lowest BCUT2D eigenvalue weighted by Crippen LogP contribution is -1.99. The van der Waals surface area contributed by atoms with E-state index in [9.17, 15) is 9.59 Å². The monoisotopic (exact) mass is 1030 g/mol. The van der Waals surface area contributed by atoms with Crippen LogP contribution in [0.15, 0.2) is 300 Å². The van der Waals surface area contributed by atoms with Crippen molar-refractivity contribution in [3.8, 4) is 22.3 Å². The topological polar surface area (TPSA) is 77.3 Å². The molecule has 0 saturated carbocycles. The molecule has 10 aromatic rings. The van der Waals surface area contributed by atoms with Crippen molar-refractivity contribution in [2.75, 3.05) is 0 Å². The lowest BCUT2D eigenvalue weighted by atomic mass is 9.85. The molecule has 0 bridgehead atoms. The minimum Gasteiger partial charge on any atom is -0.407 e. The van der Waals surface area contributed by atoms with Gasteiger partial charge in [-0.05, 0) is 112 Å². The predicted octanol–water partition coefficient (Wildman–Crippen LogP) is 17.4. The molecule has 0 radical (unpaired) electrons. The molecular formula is C74H54N2O4. The second kappa shape index (κ2) is 24.2. The number of cyclic esters (lactones) is 2. The molecule has 0 fully saturated rings. The molecule has 0 saturated heterocycles. The molecule has 2 heterocycles. The summed E-state index contributed by atoms with van der Waals surface area (Å²) >= 11 is 0. The molecule has 2 aliphatic rings. The van der Waals surface area contributed by atoms with Crippen LogP contribution in [0.4, 0.5) is 0 Å². The summed E-state index contributed by atoms with van der Waals surface area (Å²) in [6, 6.07) is 97.2. The zero-order chi connectivity index (χ0) is 54.6. The highest BCUT2D eigenvalue weighted by atomic mass is 16.6. The molecule has 0 amide bonds. The summed E-state index contributed by atoms with van der Waals surface area (Å²) in [6.45, 7) is 3.35. The highest BCUT2D eigenvalue weighted by molar-refractivity contribution is 6.08. The predicted molar refractivity (Wildman–Crippen MR) is 327 cm³/mol. The normalized spacial score (nSPS) is 13.6. The summed E-state index contributed by atoms with van der Waals surface area (Å²) in [5.41, 5.74) is 20.9. The average molecular weight is 1040 g/mol. The van der Waals surface area contributed by atoms with Crippen LogP contribution in [0.1, 0.15) is 69.5 Å². The fourth-order valence-corrected chi connectivity index (χ4v) is 10.00. The minimum atomic E-state index is -0.412. The van der Waals surface area contributed by atoms with Crippen LogP contribution in [-0.4, -0.2) is 23.7 Å². The van der Waals surface area contributed by atoms with Crippen molar-refractivity contribution >= 4 is 58.2 Å². The van der Waals surface area contributed by atoms with Gasteiger partial charge in [0.05, 0.1) is 0 Å². The van der Waals surface area contributed by atoms with E-state index in [4.69, 9.17) is 9.47 Å². The van der Waals surface area contributed by atoms with Crippen LogP contribution in [0.3, 0.4) is 0 Å². The number of esters is 2. The molecule has 12 rings (SSSR count). The van der Waals surface area contributed by atoms with Gasteiger partial charge in [0.15, 0.2) is 23.2 Å². The number of rotatable bonds is 12. The molecule has 80 heavy (non-hydrogen) atoms. The van der Waals surface area contributed by atoms with Crippen molar-refractivity contribution in [1.82, 2.24) is 0 Å². The van der Waals surface area contributed by atoms with Crippen molar-refractivity contribution in [3.63, 3.8) is 0 Å². The van der Waals surface area contributed by atoms with Crippen molar-refractivity contribution in [2.24, 2.45) is 9.98 Å². The third-order valence-electron chi connectivity index (χ3n) is 13.8. The van der Waals surface area contributed by atoms with E-state index in [1.807, 2.05) is 24.3 Å². The van der Waals surface area contributed by atoms with Crippen LogP contribution < -0.4 is 0 Å². The molecule has 0 aliphatic carbocycles. The maximum atomic E-state index is 11.9. The second-order valence-electron chi connectivity index (χ2n) is 19.2. The van der Waals surface area contributed by atoms with Gasteiger partial charge >= 0.3 is 11.9 Å². The van der Waals surface area contributed by atoms with Gasteiger partial charge in [-0.3, -0.25) is 0 Å². The zero-order valence-electron chi connectivity index (χ0n) is 44.2. The molecule has 0 spiro atoms. The van der Waals surface area contributed by atoms with Crippen LogP contribution >= 0.6 is 0 Å².